The Labute approximate surface area is 245 Å². The van der Waals surface area contributed by atoms with Gasteiger partial charge in [0.05, 0.1) is 12.2 Å². The minimum atomic E-state index is -1.72. The van der Waals surface area contributed by atoms with Gasteiger partial charge in [-0.2, -0.15) is 5.10 Å². The van der Waals surface area contributed by atoms with Crippen LogP contribution in [0.4, 0.5) is 24.5 Å². The van der Waals surface area contributed by atoms with Gasteiger partial charge < -0.3 is 15.3 Å². The molecule has 1 atom stereocenters. The highest BCUT2D eigenvalue weighted by molar-refractivity contribution is 6.30. The van der Waals surface area contributed by atoms with E-state index in [2.05, 4.69) is 15.4 Å². The molecule has 1 aliphatic heterocycles. The lowest BCUT2D eigenvalue weighted by Crippen LogP contribution is -2.52. The zero-order chi connectivity index (χ0) is 29.7. The monoisotopic (exact) mass is 596 g/mol. The van der Waals surface area contributed by atoms with E-state index in [0.29, 0.717) is 42.6 Å². The number of rotatable bonds is 9. The summed E-state index contributed by atoms with van der Waals surface area (Å²) in [6.45, 7) is 1.74. The molecule has 42 heavy (non-hydrogen) atoms. The maximum absolute atomic E-state index is 15.1. The molecule has 12 heteroatoms. The van der Waals surface area contributed by atoms with Crippen LogP contribution >= 0.6 is 11.6 Å². The van der Waals surface area contributed by atoms with Crippen LogP contribution in [0.15, 0.2) is 79.4 Å². The lowest BCUT2D eigenvalue weighted by Gasteiger charge is -2.40. The SMILES string of the molecule is O=C(/C=C/c1ccc(Cl)cc1)Nc1ccc(N2CCN(CC(O)(Cn3cncn3)c3ccc(F)cc3F)CC2)c(F)c1. The highest BCUT2D eigenvalue weighted by Gasteiger charge is 2.36. The first kappa shape index (κ1) is 29.3. The van der Waals surface area contributed by atoms with E-state index in [1.165, 1.54) is 35.5 Å². The Balaban J connectivity index is 1.21. The van der Waals surface area contributed by atoms with Crippen molar-refractivity contribution in [3.63, 3.8) is 0 Å². The predicted molar refractivity (Wildman–Crippen MR) is 154 cm³/mol. The summed E-state index contributed by atoms with van der Waals surface area (Å²) in [5, 5.41) is 18.9. The molecule has 1 unspecified atom stereocenters. The number of aliphatic hydroxyl groups is 1. The first-order chi connectivity index (χ1) is 20.2. The summed E-state index contributed by atoms with van der Waals surface area (Å²) >= 11 is 5.87. The minimum absolute atomic E-state index is 0.0419. The van der Waals surface area contributed by atoms with E-state index < -0.39 is 29.0 Å². The molecule has 3 aromatic carbocycles. The normalized spacial score (nSPS) is 15.6. The van der Waals surface area contributed by atoms with Gasteiger partial charge in [-0.25, -0.2) is 22.8 Å². The predicted octanol–water partition coefficient (Wildman–Crippen LogP) is 4.71. The molecule has 1 amide bonds. The van der Waals surface area contributed by atoms with Crippen LogP contribution < -0.4 is 10.2 Å². The number of amides is 1. The second kappa shape index (κ2) is 12.8. The van der Waals surface area contributed by atoms with Crippen molar-refractivity contribution in [2.45, 2.75) is 12.1 Å². The van der Waals surface area contributed by atoms with Crippen LogP contribution in [0.25, 0.3) is 6.08 Å². The lowest BCUT2D eigenvalue weighted by atomic mass is 9.92. The van der Waals surface area contributed by atoms with E-state index >= 15 is 4.39 Å². The topological polar surface area (TPSA) is 86.5 Å². The number of nitrogens with zero attached hydrogens (tertiary/aromatic N) is 5. The summed E-state index contributed by atoms with van der Waals surface area (Å²) in [6.07, 6.45) is 5.71. The third-order valence-corrected chi connectivity index (χ3v) is 7.29. The molecule has 2 heterocycles. The summed E-state index contributed by atoms with van der Waals surface area (Å²) in [5.74, 6) is -2.48. The van der Waals surface area contributed by atoms with Gasteiger partial charge in [0.15, 0.2) is 0 Å². The molecule has 5 rings (SSSR count). The Bertz CT molecular complexity index is 1560. The highest BCUT2D eigenvalue weighted by Crippen LogP contribution is 2.29. The molecule has 1 saturated heterocycles. The van der Waals surface area contributed by atoms with E-state index in [9.17, 15) is 18.7 Å². The third kappa shape index (κ3) is 7.17. The molecule has 0 saturated carbocycles. The zero-order valence-corrected chi connectivity index (χ0v) is 23.2. The number of carbonyl (C=O) groups is 1. The number of aromatic nitrogens is 3. The van der Waals surface area contributed by atoms with Crippen molar-refractivity contribution >= 4 is 35.0 Å². The number of carbonyl (C=O) groups excluding carboxylic acids is 1. The van der Waals surface area contributed by atoms with Gasteiger partial charge >= 0.3 is 0 Å². The van der Waals surface area contributed by atoms with Crippen LogP contribution in [0, 0.1) is 17.5 Å². The molecule has 0 bridgehead atoms. The van der Waals surface area contributed by atoms with Gasteiger partial charge in [-0.05, 0) is 48.0 Å². The van der Waals surface area contributed by atoms with E-state index in [-0.39, 0.29) is 18.7 Å². The molecule has 1 aliphatic rings. The second-order valence-corrected chi connectivity index (χ2v) is 10.5. The molecule has 2 N–H and O–H groups in total. The van der Waals surface area contributed by atoms with Crippen molar-refractivity contribution in [2.75, 3.05) is 42.9 Å². The van der Waals surface area contributed by atoms with E-state index in [0.717, 1.165) is 17.7 Å². The van der Waals surface area contributed by atoms with Crippen molar-refractivity contribution < 1.29 is 23.1 Å². The highest BCUT2D eigenvalue weighted by atomic mass is 35.5. The van der Waals surface area contributed by atoms with Gasteiger partial charge in [-0.15, -0.1) is 0 Å². The first-order valence-corrected chi connectivity index (χ1v) is 13.6. The number of hydrogen-bond acceptors (Lipinski definition) is 6. The molecule has 218 valence electrons. The zero-order valence-electron chi connectivity index (χ0n) is 22.4. The fraction of sp³-hybridized carbons (Fsp3) is 0.233. The Morgan fingerprint density at radius 2 is 1.74 bits per heavy atom. The molecule has 4 aromatic rings. The van der Waals surface area contributed by atoms with Crippen LogP contribution in [0.2, 0.25) is 5.02 Å². The van der Waals surface area contributed by atoms with Crippen molar-refractivity contribution in [1.29, 1.82) is 0 Å². The molecule has 1 fully saturated rings. The summed E-state index contributed by atoms with van der Waals surface area (Å²) < 4.78 is 44.8. The first-order valence-electron chi connectivity index (χ1n) is 13.2. The Morgan fingerprint density at radius 3 is 2.40 bits per heavy atom. The van der Waals surface area contributed by atoms with E-state index in [1.54, 1.807) is 42.5 Å². The van der Waals surface area contributed by atoms with Crippen LogP contribution in [-0.2, 0) is 16.9 Å². The molecule has 0 aliphatic carbocycles. The number of piperazine rings is 1. The van der Waals surface area contributed by atoms with E-state index in [4.69, 9.17) is 11.6 Å². The fourth-order valence-corrected chi connectivity index (χ4v) is 5.08. The van der Waals surface area contributed by atoms with Gasteiger partial charge in [0.25, 0.3) is 0 Å². The molecule has 0 radical (unpaired) electrons. The number of anilines is 2. The number of nitrogens with one attached hydrogen (secondary N) is 1. The van der Waals surface area contributed by atoms with Gasteiger partial charge in [0.1, 0.15) is 35.7 Å². The largest absolute Gasteiger partial charge is 0.382 e. The number of benzene rings is 3. The standard InChI is InChI=1S/C30H28ClF3N6O2/c31-22-4-1-21(2-5-22)3-10-29(41)37-24-7-9-28(27(34)16-24)39-13-11-38(12-14-39)17-30(42,18-40-20-35-19-36-40)25-8-6-23(32)15-26(25)33/h1-10,15-16,19-20,42H,11-14,17-18H2,(H,37,41)/b10-3+. The third-order valence-electron chi connectivity index (χ3n) is 7.03. The summed E-state index contributed by atoms with van der Waals surface area (Å²) in [7, 11) is 0. The molecule has 8 nitrogen and oxygen atoms in total. The number of halogens is 4. The average Bonchev–Trinajstić information content (AvgIpc) is 3.46. The number of β-amino-alcohol motifs (C(OH)–C–C–N with tert-alkyl or cyclic N) is 1. The summed E-state index contributed by atoms with van der Waals surface area (Å²) in [4.78, 5) is 20.0. The summed E-state index contributed by atoms with van der Waals surface area (Å²) in [5.41, 5.74) is -0.267. The smallest absolute Gasteiger partial charge is 0.248 e. The fourth-order valence-electron chi connectivity index (χ4n) is 4.96. The van der Waals surface area contributed by atoms with Crippen molar-refractivity contribution in [3.05, 3.63) is 113 Å². The Morgan fingerprint density at radius 1 is 0.976 bits per heavy atom. The maximum Gasteiger partial charge on any atom is 0.248 e. The molecular weight excluding hydrogens is 569 g/mol. The van der Waals surface area contributed by atoms with Crippen molar-refractivity contribution in [1.82, 2.24) is 19.7 Å². The maximum atomic E-state index is 15.1. The lowest BCUT2D eigenvalue weighted by molar-refractivity contribution is -0.111. The quantitative estimate of drug-likeness (QED) is 0.272. The Hall–Kier alpha value is -4.19. The van der Waals surface area contributed by atoms with Gasteiger partial charge in [0.2, 0.25) is 5.91 Å². The average molecular weight is 597 g/mol. The summed E-state index contributed by atoms with van der Waals surface area (Å²) in [6, 6.07) is 14.6. The van der Waals surface area contributed by atoms with Crippen molar-refractivity contribution in [2.24, 2.45) is 0 Å². The molecular formula is C30H28ClF3N6O2. The van der Waals surface area contributed by atoms with Crippen molar-refractivity contribution in [3.8, 4) is 0 Å². The van der Waals surface area contributed by atoms with Gasteiger partial charge in [-0.1, -0.05) is 29.8 Å². The second-order valence-electron chi connectivity index (χ2n) is 10.1. The Kier molecular flexibility index (Phi) is 8.91. The van der Waals surface area contributed by atoms with Gasteiger partial charge in [0, 0.05) is 61.1 Å². The minimum Gasteiger partial charge on any atom is -0.382 e. The number of hydrogen-bond donors (Lipinski definition) is 2. The van der Waals surface area contributed by atoms with Crippen LogP contribution in [-0.4, -0.2) is 63.4 Å². The van der Waals surface area contributed by atoms with Crippen LogP contribution in [0.3, 0.4) is 0 Å². The van der Waals surface area contributed by atoms with Crippen LogP contribution in [0.5, 0.6) is 0 Å². The van der Waals surface area contributed by atoms with Crippen LogP contribution in [0.1, 0.15) is 11.1 Å². The molecule has 1 aromatic heterocycles. The molecule has 0 spiro atoms. The van der Waals surface area contributed by atoms with Gasteiger partial charge in [-0.3, -0.25) is 9.69 Å². The van der Waals surface area contributed by atoms with E-state index in [1.807, 2.05) is 9.80 Å².